The van der Waals surface area contributed by atoms with E-state index in [0.29, 0.717) is 13.1 Å². The quantitative estimate of drug-likeness (QED) is 0.559. The minimum Gasteiger partial charge on any atom is -0.329 e. The van der Waals surface area contributed by atoms with E-state index in [1.54, 1.807) is 0 Å². The zero-order valence-electron chi connectivity index (χ0n) is 9.08. The van der Waals surface area contributed by atoms with Gasteiger partial charge in [0, 0.05) is 19.1 Å². The molecule has 4 N–H and O–H groups in total. The third-order valence-electron chi connectivity index (χ3n) is 1.91. The summed E-state index contributed by atoms with van der Waals surface area (Å²) in [6.07, 6.45) is 0.774. The smallest absolute Gasteiger partial charge is 0.277 e. The van der Waals surface area contributed by atoms with Crippen LogP contribution in [0.15, 0.2) is 0 Å². The van der Waals surface area contributed by atoms with E-state index < -0.39 is 10.2 Å². The molecule has 6 heteroatoms. The maximum absolute atomic E-state index is 11.4. The molecule has 0 aromatic rings. The molecule has 0 saturated heterocycles. The number of hydrogen-bond acceptors (Lipinski definition) is 3. The lowest BCUT2D eigenvalue weighted by molar-refractivity contribution is 0.450. The van der Waals surface area contributed by atoms with Crippen LogP contribution >= 0.6 is 0 Å². The van der Waals surface area contributed by atoms with Gasteiger partial charge in [0.25, 0.3) is 10.2 Å². The molecule has 0 amide bonds. The lowest BCUT2D eigenvalue weighted by Gasteiger charge is -2.20. The minimum absolute atomic E-state index is 0.193. The van der Waals surface area contributed by atoms with Gasteiger partial charge in [-0.25, -0.2) is 4.72 Å². The summed E-state index contributed by atoms with van der Waals surface area (Å²) in [6.45, 7) is 6.53. The van der Waals surface area contributed by atoms with Crippen LogP contribution in [0.1, 0.15) is 27.2 Å². The van der Waals surface area contributed by atoms with E-state index in [4.69, 9.17) is 5.73 Å². The van der Waals surface area contributed by atoms with Gasteiger partial charge in [-0.2, -0.15) is 13.1 Å². The summed E-state index contributed by atoms with van der Waals surface area (Å²) in [5.74, 6) is 0.193. The molecule has 0 aromatic carbocycles. The Labute approximate surface area is 86.6 Å². The lowest BCUT2D eigenvalue weighted by Crippen LogP contribution is -2.48. The average molecular weight is 223 g/mol. The van der Waals surface area contributed by atoms with Gasteiger partial charge in [0.2, 0.25) is 0 Å². The zero-order valence-corrected chi connectivity index (χ0v) is 9.89. The average Bonchev–Trinajstić information content (AvgIpc) is 2.10. The van der Waals surface area contributed by atoms with E-state index in [1.807, 2.05) is 20.8 Å². The van der Waals surface area contributed by atoms with E-state index in [0.717, 1.165) is 6.42 Å². The molecule has 1 atom stereocenters. The van der Waals surface area contributed by atoms with Gasteiger partial charge >= 0.3 is 0 Å². The van der Waals surface area contributed by atoms with Crippen molar-refractivity contribution in [3.63, 3.8) is 0 Å². The Balaban J connectivity index is 4.18. The number of nitrogens with one attached hydrogen (secondary N) is 2. The van der Waals surface area contributed by atoms with Gasteiger partial charge in [0.15, 0.2) is 0 Å². The summed E-state index contributed by atoms with van der Waals surface area (Å²) in [4.78, 5) is 0. The van der Waals surface area contributed by atoms with Crippen LogP contribution in [-0.2, 0) is 10.2 Å². The molecule has 0 radical (unpaired) electrons. The molecule has 0 aromatic heterocycles. The predicted octanol–water partition coefficient (Wildman–Crippen LogP) is -0.196. The van der Waals surface area contributed by atoms with Crippen molar-refractivity contribution in [1.29, 1.82) is 0 Å². The number of nitrogens with two attached hydrogens (primary N) is 1. The highest BCUT2D eigenvalue weighted by atomic mass is 32.2. The molecule has 0 aliphatic rings. The Bertz CT molecular complexity index is 239. The fraction of sp³-hybridized carbons (Fsp3) is 1.00. The summed E-state index contributed by atoms with van der Waals surface area (Å²) in [5, 5.41) is 0. The van der Waals surface area contributed by atoms with Crippen LogP contribution in [0.4, 0.5) is 0 Å². The maximum atomic E-state index is 11.4. The van der Waals surface area contributed by atoms with E-state index in [-0.39, 0.29) is 12.0 Å². The monoisotopic (exact) mass is 223 g/mol. The van der Waals surface area contributed by atoms with Gasteiger partial charge in [-0.3, -0.25) is 0 Å². The van der Waals surface area contributed by atoms with Crippen molar-refractivity contribution in [2.75, 3.05) is 13.1 Å². The summed E-state index contributed by atoms with van der Waals surface area (Å²) in [7, 11) is -3.38. The fourth-order valence-corrected chi connectivity index (χ4v) is 2.26. The van der Waals surface area contributed by atoms with Crippen LogP contribution in [0.3, 0.4) is 0 Å². The predicted molar refractivity (Wildman–Crippen MR) is 58.0 cm³/mol. The molecule has 0 bridgehead atoms. The Morgan fingerprint density at radius 2 is 1.93 bits per heavy atom. The molecule has 0 fully saturated rings. The first-order valence-corrected chi connectivity index (χ1v) is 6.38. The minimum atomic E-state index is -3.38. The molecule has 0 spiro atoms. The van der Waals surface area contributed by atoms with Crippen LogP contribution < -0.4 is 15.2 Å². The SMILES string of the molecule is CCCNS(=O)(=O)NC(CN)C(C)C. The summed E-state index contributed by atoms with van der Waals surface area (Å²) in [6, 6.07) is -0.204. The number of rotatable bonds is 7. The van der Waals surface area contributed by atoms with Crippen molar-refractivity contribution in [3.8, 4) is 0 Å². The van der Waals surface area contributed by atoms with E-state index in [2.05, 4.69) is 9.44 Å². The molecule has 86 valence electrons. The normalized spacial score (nSPS) is 14.6. The van der Waals surface area contributed by atoms with Crippen LogP contribution in [0, 0.1) is 5.92 Å². The molecule has 0 rings (SSSR count). The topological polar surface area (TPSA) is 84.2 Å². The highest BCUT2D eigenvalue weighted by molar-refractivity contribution is 7.87. The van der Waals surface area contributed by atoms with Crippen LogP contribution in [0.25, 0.3) is 0 Å². The second kappa shape index (κ2) is 6.34. The lowest BCUT2D eigenvalue weighted by atomic mass is 10.1. The number of hydrogen-bond donors (Lipinski definition) is 3. The van der Waals surface area contributed by atoms with Gasteiger partial charge in [0.05, 0.1) is 0 Å². The molecule has 14 heavy (non-hydrogen) atoms. The second-order valence-corrected chi connectivity index (χ2v) is 5.13. The molecular weight excluding hydrogens is 202 g/mol. The summed E-state index contributed by atoms with van der Waals surface area (Å²) in [5.41, 5.74) is 5.45. The van der Waals surface area contributed by atoms with Gasteiger partial charge in [0.1, 0.15) is 0 Å². The largest absolute Gasteiger partial charge is 0.329 e. The van der Waals surface area contributed by atoms with Crippen molar-refractivity contribution >= 4 is 10.2 Å². The highest BCUT2D eigenvalue weighted by Crippen LogP contribution is 2.00. The first kappa shape index (κ1) is 13.8. The van der Waals surface area contributed by atoms with Gasteiger partial charge in [-0.15, -0.1) is 0 Å². The Kier molecular flexibility index (Phi) is 6.26. The molecule has 5 nitrogen and oxygen atoms in total. The Hall–Kier alpha value is -0.170. The highest BCUT2D eigenvalue weighted by Gasteiger charge is 2.18. The molecule has 0 saturated carbocycles. The summed E-state index contributed by atoms with van der Waals surface area (Å²) < 4.78 is 27.7. The first-order valence-electron chi connectivity index (χ1n) is 4.90. The van der Waals surface area contributed by atoms with Crippen LogP contribution in [0.2, 0.25) is 0 Å². The van der Waals surface area contributed by atoms with Crippen LogP contribution in [0.5, 0.6) is 0 Å². The Morgan fingerprint density at radius 1 is 1.36 bits per heavy atom. The van der Waals surface area contributed by atoms with Crippen molar-refractivity contribution in [2.24, 2.45) is 11.7 Å². The molecule has 1 unspecified atom stereocenters. The van der Waals surface area contributed by atoms with Gasteiger partial charge in [-0.05, 0) is 12.3 Å². The van der Waals surface area contributed by atoms with Crippen molar-refractivity contribution in [1.82, 2.24) is 9.44 Å². The Morgan fingerprint density at radius 3 is 2.29 bits per heavy atom. The van der Waals surface area contributed by atoms with Gasteiger partial charge in [-0.1, -0.05) is 20.8 Å². The second-order valence-electron chi connectivity index (χ2n) is 3.60. The third kappa shape index (κ3) is 5.54. The van der Waals surface area contributed by atoms with E-state index >= 15 is 0 Å². The van der Waals surface area contributed by atoms with Crippen molar-refractivity contribution in [3.05, 3.63) is 0 Å². The van der Waals surface area contributed by atoms with Crippen molar-refractivity contribution < 1.29 is 8.42 Å². The third-order valence-corrected chi connectivity index (χ3v) is 3.10. The molecular formula is C8H21N3O2S. The maximum Gasteiger partial charge on any atom is 0.277 e. The zero-order chi connectivity index (χ0) is 11.2. The fourth-order valence-electron chi connectivity index (χ4n) is 0.934. The molecule has 0 aliphatic carbocycles. The standard InChI is InChI=1S/C8H21N3O2S/c1-4-5-10-14(12,13)11-8(6-9)7(2)3/h7-8,10-11H,4-6,9H2,1-3H3. The van der Waals surface area contributed by atoms with E-state index in [9.17, 15) is 8.42 Å². The first-order chi connectivity index (χ1) is 6.43. The van der Waals surface area contributed by atoms with Gasteiger partial charge < -0.3 is 5.73 Å². The van der Waals surface area contributed by atoms with E-state index in [1.165, 1.54) is 0 Å². The summed E-state index contributed by atoms with van der Waals surface area (Å²) >= 11 is 0. The van der Waals surface area contributed by atoms with Crippen molar-refractivity contribution in [2.45, 2.75) is 33.2 Å². The molecule has 0 heterocycles. The van der Waals surface area contributed by atoms with Crippen LogP contribution in [-0.4, -0.2) is 27.5 Å². The molecule has 0 aliphatic heterocycles.